The highest BCUT2D eigenvalue weighted by molar-refractivity contribution is 5.99. The van der Waals surface area contributed by atoms with Gasteiger partial charge in [0.1, 0.15) is 6.61 Å². The van der Waals surface area contributed by atoms with Gasteiger partial charge >= 0.3 is 0 Å². The van der Waals surface area contributed by atoms with E-state index in [9.17, 15) is 14.9 Å². The monoisotopic (exact) mass is 415 g/mol. The number of pyridine rings is 1. The standard InChI is InChI=1S/C21H25N3O6/c1-15-13-17(14-22-19(15)30-12-11-28-2)23-20(25)21(7-9-29-10-8-21)16-3-5-18(6-4-16)24(26)27/h3-6,13-14H,7-12H2,1-2H3,(H,23,25). The fourth-order valence-corrected chi connectivity index (χ4v) is 3.52. The molecular weight excluding hydrogens is 390 g/mol. The molecule has 0 unspecified atom stereocenters. The van der Waals surface area contributed by atoms with E-state index in [1.807, 2.05) is 6.92 Å². The predicted octanol–water partition coefficient (Wildman–Crippen LogP) is 3.01. The molecule has 1 aliphatic heterocycles. The summed E-state index contributed by atoms with van der Waals surface area (Å²) < 4.78 is 16.0. The first-order chi connectivity index (χ1) is 14.5. The van der Waals surface area contributed by atoms with Gasteiger partial charge in [0.25, 0.3) is 5.69 Å². The van der Waals surface area contributed by atoms with Gasteiger partial charge in [0.05, 0.1) is 28.8 Å². The fraction of sp³-hybridized carbons (Fsp3) is 0.429. The van der Waals surface area contributed by atoms with E-state index >= 15 is 0 Å². The molecule has 3 rings (SSSR count). The first-order valence-corrected chi connectivity index (χ1v) is 9.69. The van der Waals surface area contributed by atoms with Crippen LogP contribution in [0.3, 0.4) is 0 Å². The highest BCUT2D eigenvalue weighted by Crippen LogP contribution is 2.37. The number of carbonyl (C=O) groups excluding carboxylic acids is 1. The molecule has 160 valence electrons. The number of hydrogen-bond acceptors (Lipinski definition) is 7. The van der Waals surface area contributed by atoms with Gasteiger partial charge in [-0.3, -0.25) is 14.9 Å². The molecule has 0 radical (unpaired) electrons. The zero-order chi connectivity index (χ0) is 21.6. The average molecular weight is 415 g/mol. The Bertz CT molecular complexity index is 894. The summed E-state index contributed by atoms with van der Waals surface area (Å²) in [4.78, 5) is 28.1. The smallest absolute Gasteiger partial charge is 0.269 e. The molecule has 1 aromatic carbocycles. The summed E-state index contributed by atoms with van der Waals surface area (Å²) >= 11 is 0. The number of amides is 1. The number of anilines is 1. The van der Waals surface area contributed by atoms with Crippen LogP contribution in [0.1, 0.15) is 24.0 Å². The van der Waals surface area contributed by atoms with Gasteiger partial charge in [-0.15, -0.1) is 0 Å². The quantitative estimate of drug-likeness (QED) is 0.400. The molecule has 1 aromatic heterocycles. The van der Waals surface area contributed by atoms with Gasteiger partial charge in [-0.2, -0.15) is 0 Å². The molecule has 2 heterocycles. The molecule has 0 spiro atoms. The topological polar surface area (TPSA) is 113 Å². The maximum Gasteiger partial charge on any atom is 0.269 e. The lowest BCUT2D eigenvalue weighted by molar-refractivity contribution is -0.384. The van der Waals surface area contributed by atoms with Crippen molar-refractivity contribution in [2.45, 2.75) is 25.2 Å². The summed E-state index contributed by atoms with van der Waals surface area (Å²) in [7, 11) is 1.60. The molecule has 9 nitrogen and oxygen atoms in total. The third-order valence-electron chi connectivity index (χ3n) is 5.23. The van der Waals surface area contributed by atoms with Gasteiger partial charge in [0.2, 0.25) is 11.8 Å². The third-order valence-corrected chi connectivity index (χ3v) is 5.23. The number of nitro benzene ring substituents is 1. The lowest BCUT2D eigenvalue weighted by Gasteiger charge is -2.36. The molecular formula is C21H25N3O6. The van der Waals surface area contributed by atoms with Crippen molar-refractivity contribution in [3.05, 3.63) is 57.8 Å². The van der Waals surface area contributed by atoms with Crippen molar-refractivity contribution >= 4 is 17.3 Å². The maximum absolute atomic E-state index is 13.3. The zero-order valence-electron chi connectivity index (χ0n) is 17.1. The molecule has 1 aliphatic rings. The van der Waals surface area contributed by atoms with Crippen molar-refractivity contribution in [3.8, 4) is 5.88 Å². The van der Waals surface area contributed by atoms with E-state index < -0.39 is 10.3 Å². The van der Waals surface area contributed by atoms with Crippen molar-refractivity contribution < 1.29 is 23.9 Å². The van der Waals surface area contributed by atoms with Crippen LogP contribution in [0, 0.1) is 17.0 Å². The van der Waals surface area contributed by atoms with Gasteiger partial charge in [0, 0.05) is 38.0 Å². The van der Waals surface area contributed by atoms with Gasteiger partial charge in [-0.05, 0) is 31.4 Å². The molecule has 0 saturated carbocycles. The van der Waals surface area contributed by atoms with Crippen LogP contribution in [0.2, 0.25) is 0 Å². The van der Waals surface area contributed by atoms with E-state index in [1.165, 1.54) is 12.1 Å². The maximum atomic E-state index is 13.3. The number of ether oxygens (including phenoxy) is 3. The number of non-ortho nitro benzene ring substituents is 1. The number of hydrogen-bond donors (Lipinski definition) is 1. The number of nitro groups is 1. The van der Waals surface area contributed by atoms with Crippen LogP contribution >= 0.6 is 0 Å². The Hall–Kier alpha value is -3.04. The van der Waals surface area contributed by atoms with E-state index in [0.717, 1.165) is 11.1 Å². The van der Waals surface area contributed by atoms with Gasteiger partial charge in [0.15, 0.2) is 0 Å². The molecule has 30 heavy (non-hydrogen) atoms. The van der Waals surface area contributed by atoms with Crippen LogP contribution in [0.5, 0.6) is 5.88 Å². The molecule has 0 bridgehead atoms. The third kappa shape index (κ3) is 4.74. The van der Waals surface area contributed by atoms with Crippen molar-refractivity contribution in [1.29, 1.82) is 0 Å². The van der Waals surface area contributed by atoms with Crippen LogP contribution in [0.25, 0.3) is 0 Å². The van der Waals surface area contributed by atoms with Crippen molar-refractivity contribution in [2.24, 2.45) is 0 Å². The van der Waals surface area contributed by atoms with Crippen molar-refractivity contribution in [3.63, 3.8) is 0 Å². The Morgan fingerprint density at radius 2 is 1.97 bits per heavy atom. The Kier molecular flexibility index (Phi) is 6.96. The Labute approximate surface area is 174 Å². The number of nitrogens with zero attached hydrogens (tertiary/aromatic N) is 2. The van der Waals surface area contributed by atoms with Crippen LogP contribution in [-0.2, 0) is 19.7 Å². The van der Waals surface area contributed by atoms with E-state index in [1.54, 1.807) is 31.5 Å². The second kappa shape index (κ2) is 9.64. The van der Waals surface area contributed by atoms with E-state index in [-0.39, 0.29) is 11.6 Å². The van der Waals surface area contributed by atoms with Crippen LogP contribution < -0.4 is 10.1 Å². The zero-order valence-corrected chi connectivity index (χ0v) is 17.1. The first-order valence-electron chi connectivity index (χ1n) is 9.69. The molecule has 1 fully saturated rings. The molecule has 2 aromatic rings. The van der Waals surface area contributed by atoms with Crippen molar-refractivity contribution in [1.82, 2.24) is 4.98 Å². The number of nitrogens with one attached hydrogen (secondary N) is 1. The average Bonchev–Trinajstić information content (AvgIpc) is 2.76. The minimum absolute atomic E-state index is 0.00902. The largest absolute Gasteiger partial charge is 0.475 e. The number of aromatic nitrogens is 1. The summed E-state index contributed by atoms with van der Waals surface area (Å²) in [5, 5.41) is 13.9. The van der Waals surface area contributed by atoms with Gasteiger partial charge in [-0.25, -0.2) is 4.98 Å². The number of methoxy groups -OCH3 is 1. The van der Waals surface area contributed by atoms with Crippen LogP contribution in [0.4, 0.5) is 11.4 Å². The molecule has 0 atom stereocenters. The van der Waals surface area contributed by atoms with E-state index in [2.05, 4.69) is 10.3 Å². The predicted molar refractivity (Wildman–Crippen MR) is 110 cm³/mol. The summed E-state index contributed by atoms with van der Waals surface area (Å²) in [6, 6.07) is 7.96. The fourth-order valence-electron chi connectivity index (χ4n) is 3.52. The highest BCUT2D eigenvalue weighted by Gasteiger charge is 2.42. The molecule has 1 amide bonds. The summed E-state index contributed by atoms with van der Waals surface area (Å²) in [5.74, 6) is 0.301. The summed E-state index contributed by atoms with van der Waals surface area (Å²) in [5.41, 5.74) is 1.25. The minimum atomic E-state index is -0.824. The first kappa shape index (κ1) is 21.7. The molecule has 1 saturated heterocycles. The second-order valence-corrected chi connectivity index (χ2v) is 7.14. The Morgan fingerprint density at radius 3 is 2.57 bits per heavy atom. The summed E-state index contributed by atoms with van der Waals surface area (Å²) in [6.45, 7) is 3.58. The van der Waals surface area contributed by atoms with Crippen molar-refractivity contribution in [2.75, 3.05) is 38.9 Å². The van der Waals surface area contributed by atoms with E-state index in [0.29, 0.717) is 50.8 Å². The lowest BCUT2D eigenvalue weighted by Crippen LogP contribution is -2.44. The number of rotatable bonds is 8. The van der Waals surface area contributed by atoms with Gasteiger partial charge < -0.3 is 19.5 Å². The number of carbonyl (C=O) groups is 1. The van der Waals surface area contributed by atoms with Crippen LogP contribution in [0.15, 0.2) is 36.5 Å². The second-order valence-electron chi connectivity index (χ2n) is 7.14. The molecule has 1 N–H and O–H groups in total. The van der Waals surface area contributed by atoms with Gasteiger partial charge in [-0.1, -0.05) is 12.1 Å². The SMILES string of the molecule is COCCOc1ncc(NC(=O)C2(c3ccc([N+](=O)[O-])cc3)CCOCC2)cc1C. The minimum Gasteiger partial charge on any atom is -0.475 e. The normalized spacial score (nSPS) is 15.4. The Morgan fingerprint density at radius 1 is 1.27 bits per heavy atom. The number of benzene rings is 1. The molecule has 0 aliphatic carbocycles. The van der Waals surface area contributed by atoms with E-state index in [4.69, 9.17) is 14.2 Å². The highest BCUT2D eigenvalue weighted by atomic mass is 16.6. The number of aryl methyl sites for hydroxylation is 1. The summed E-state index contributed by atoms with van der Waals surface area (Å²) in [6.07, 6.45) is 2.53. The van der Waals surface area contributed by atoms with Crippen LogP contribution in [-0.4, -0.2) is 49.4 Å². The lowest BCUT2D eigenvalue weighted by atomic mass is 9.73. The Balaban J connectivity index is 1.80. The molecule has 9 heteroatoms.